The Kier molecular flexibility index (Phi) is 6.67. The van der Waals surface area contributed by atoms with Gasteiger partial charge in [0.15, 0.2) is 0 Å². The zero-order chi connectivity index (χ0) is 25.1. The lowest BCUT2D eigenvalue weighted by atomic mass is 10.3. The van der Waals surface area contributed by atoms with E-state index in [-0.39, 0.29) is 27.0 Å². The molecule has 0 aliphatic heterocycles. The topological polar surface area (TPSA) is 129 Å². The zero-order valence-corrected chi connectivity index (χ0v) is 20.4. The monoisotopic (exact) mass is 514 g/mol. The number of methoxy groups -OCH3 is 2. The fourth-order valence-corrected chi connectivity index (χ4v) is 5.54. The molecule has 0 saturated heterocycles. The van der Waals surface area contributed by atoms with Crippen LogP contribution in [0.1, 0.15) is 0 Å². The van der Waals surface area contributed by atoms with E-state index in [1.54, 1.807) is 18.2 Å². The second kappa shape index (κ2) is 9.68. The summed E-state index contributed by atoms with van der Waals surface area (Å²) >= 11 is 0. The number of rotatable bonds is 9. The molecule has 3 aromatic carbocycles. The molecule has 0 aliphatic carbocycles. The summed E-state index contributed by atoms with van der Waals surface area (Å²) in [5.41, 5.74) is 0.857. The Bertz CT molecular complexity index is 1530. The molecular weight excluding hydrogens is 492 g/mol. The van der Waals surface area contributed by atoms with E-state index in [2.05, 4.69) is 14.5 Å². The van der Waals surface area contributed by atoms with Gasteiger partial charge in [-0.3, -0.25) is 9.44 Å². The molecule has 0 bridgehead atoms. The van der Waals surface area contributed by atoms with Crippen LogP contribution in [-0.2, 0) is 20.0 Å². The van der Waals surface area contributed by atoms with Crippen LogP contribution >= 0.6 is 0 Å². The van der Waals surface area contributed by atoms with Gasteiger partial charge in [0.05, 0.1) is 31.0 Å². The molecule has 0 spiro atoms. The minimum absolute atomic E-state index is 0.0554. The normalized spacial score (nSPS) is 11.6. The number of benzene rings is 3. The molecule has 0 unspecified atom stereocenters. The molecule has 35 heavy (non-hydrogen) atoms. The predicted molar refractivity (Wildman–Crippen MR) is 131 cm³/mol. The van der Waals surface area contributed by atoms with Crippen LogP contribution < -0.4 is 18.9 Å². The molecule has 1 heterocycles. The van der Waals surface area contributed by atoms with E-state index in [0.717, 1.165) is 0 Å². The molecular formula is C23H22N4O6S2. The Morgan fingerprint density at radius 2 is 1.49 bits per heavy atom. The van der Waals surface area contributed by atoms with Crippen molar-refractivity contribution in [2.75, 3.05) is 23.7 Å². The van der Waals surface area contributed by atoms with Crippen LogP contribution in [0.3, 0.4) is 0 Å². The van der Waals surface area contributed by atoms with Gasteiger partial charge in [0.2, 0.25) is 0 Å². The van der Waals surface area contributed by atoms with Crippen molar-refractivity contribution in [3.8, 4) is 17.2 Å². The second-order valence-corrected chi connectivity index (χ2v) is 10.5. The number of sulfonamides is 2. The number of ether oxygens (including phenoxy) is 2. The van der Waals surface area contributed by atoms with Crippen LogP contribution in [0.4, 0.5) is 11.5 Å². The van der Waals surface area contributed by atoms with E-state index < -0.39 is 20.0 Å². The summed E-state index contributed by atoms with van der Waals surface area (Å²) in [6.45, 7) is 0. The Morgan fingerprint density at radius 1 is 0.771 bits per heavy atom. The minimum atomic E-state index is -4.05. The van der Waals surface area contributed by atoms with E-state index >= 15 is 0 Å². The average Bonchev–Trinajstić information content (AvgIpc) is 3.31. The number of nitrogens with one attached hydrogen (secondary N) is 2. The average molecular weight is 515 g/mol. The van der Waals surface area contributed by atoms with E-state index in [1.807, 2.05) is 18.2 Å². The third kappa shape index (κ3) is 5.23. The van der Waals surface area contributed by atoms with Gasteiger partial charge in [0.1, 0.15) is 22.2 Å². The summed E-state index contributed by atoms with van der Waals surface area (Å²) in [7, 11) is -5.24. The minimum Gasteiger partial charge on any atom is -0.497 e. The lowest BCUT2D eigenvalue weighted by Gasteiger charge is -2.14. The fraction of sp³-hybridized carbons (Fsp3) is 0.0870. The Hall–Kier alpha value is -4.03. The molecule has 0 radical (unpaired) electrons. The van der Waals surface area contributed by atoms with Gasteiger partial charge in [-0.2, -0.15) is 5.10 Å². The summed E-state index contributed by atoms with van der Waals surface area (Å²) < 4.78 is 68.4. The van der Waals surface area contributed by atoms with Gasteiger partial charge < -0.3 is 9.47 Å². The quantitative estimate of drug-likeness (QED) is 0.350. The van der Waals surface area contributed by atoms with Gasteiger partial charge in [0, 0.05) is 17.8 Å². The SMILES string of the molecule is COc1ccc(OC)c(S(=O)(=O)Nc2ccc(S(=O)(=O)Nc3ccnn3-c3ccccc3)cc2)c1. The van der Waals surface area contributed by atoms with Crippen molar-refractivity contribution in [1.82, 2.24) is 9.78 Å². The van der Waals surface area contributed by atoms with Crippen LogP contribution in [0.5, 0.6) is 11.5 Å². The molecule has 12 heteroatoms. The summed E-state index contributed by atoms with van der Waals surface area (Å²) in [6.07, 6.45) is 1.48. The molecule has 0 amide bonds. The summed E-state index contributed by atoms with van der Waals surface area (Å²) in [6, 6.07) is 20.3. The van der Waals surface area contributed by atoms with Crippen molar-refractivity contribution in [3.63, 3.8) is 0 Å². The molecule has 0 saturated carbocycles. The highest BCUT2D eigenvalue weighted by molar-refractivity contribution is 7.93. The van der Waals surface area contributed by atoms with Crippen molar-refractivity contribution in [2.45, 2.75) is 9.79 Å². The van der Waals surface area contributed by atoms with Gasteiger partial charge in [-0.05, 0) is 48.5 Å². The fourth-order valence-electron chi connectivity index (χ4n) is 3.26. The first kappa shape index (κ1) is 24.1. The first-order valence-corrected chi connectivity index (χ1v) is 13.2. The lowest BCUT2D eigenvalue weighted by Crippen LogP contribution is -2.16. The molecule has 0 atom stereocenters. The number of para-hydroxylation sites is 1. The molecule has 4 aromatic rings. The van der Waals surface area contributed by atoms with E-state index in [1.165, 1.54) is 67.6 Å². The van der Waals surface area contributed by atoms with E-state index in [0.29, 0.717) is 11.4 Å². The maximum absolute atomic E-state index is 12.9. The first-order valence-electron chi connectivity index (χ1n) is 10.2. The van der Waals surface area contributed by atoms with Gasteiger partial charge in [-0.15, -0.1) is 0 Å². The van der Waals surface area contributed by atoms with Crippen LogP contribution in [0.15, 0.2) is 94.9 Å². The van der Waals surface area contributed by atoms with Gasteiger partial charge in [-0.1, -0.05) is 18.2 Å². The van der Waals surface area contributed by atoms with Gasteiger partial charge in [0.25, 0.3) is 20.0 Å². The van der Waals surface area contributed by atoms with Crippen molar-refractivity contribution < 1.29 is 26.3 Å². The number of nitrogens with zero attached hydrogens (tertiary/aromatic N) is 2. The van der Waals surface area contributed by atoms with E-state index in [9.17, 15) is 16.8 Å². The number of hydrogen-bond donors (Lipinski definition) is 2. The van der Waals surface area contributed by atoms with Gasteiger partial charge in [-0.25, -0.2) is 21.5 Å². The summed E-state index contributed by atoms with van der Waals surface area (Å²) in [4.78, 5) is -0.174. The third-order valence-corrected chi connectivity index (χ3v) is 7.73. The van der Waals surface area contributed by atoms with Gasteiger partial charge >= 0.3 is 0 Å². The smallest absolute Gasteiger partial charge is 0.265 e. The Balaban J connectivity index is 1.55. The van der Waals surface area contributed by atoms with Crippen LogP contribution in [0.25, 0.3) is 5.69 Å². The molecule has 2 N–H and O–H groups in total. The molecule has 10 nitrogen and oxygen atoms in total. The van der Waals surface area contributed by atoms with Crippen LogP contribution in [0.2, 0.25) is 0 Å². The van der Waals surface area contributed by atoms with Crippen molar-refractivity contribution in [3.05, 3.63) is 85.1 Å². The van der Waals surface area contributed by atoms with Crippen LogP contribution in [-0.4, -0.2) is 40.8 Å². The number of aromatic nitrogens is 2. The summed E-state index contributed by atoms with van der Waals surface area (Å²) in [5, 5.41) is 4.17. The number of hydrogen-bond acceptors (Lipinski definition) is 7. The molecule has 1 aromatic heterocycles. The highest BCUT2D eigenvalue weighted by atomic mass is 32.2. The van der Waals surface area contributed by atoms with Crippen molar-refractivity contribution in [2.24, 2.45) is 0 Å². The second-order valence-electron chi connectivity index (χ2n) is 7.22. The van der Waals surface area contributed by atoms with Crippen molar-refractivity contribution in [1.29, 1.82) is 0 Å². The largest absolute Gasteiger partial charge is 0.497 e. The summed E-state index contributed by atoms with van der Waals surface area (Å²) in [5.74, 6) is 0.733. The number of anilines is 2. The molecule has 182 valence electrons. The van der Waals surface area contributed by atoms with Crippen LogP contribution in [0, 0.1) is 0 Å². The molecule has 4 rings (SSSR count). The zero-order valence-electron chi connectivity index (χ0n) is 18.7. The standard InChI is InChI=1S/C23H22N4O6S2/c1-32-19-10-13-21(33-2)22(16-19)35(30,31)25-17-8-11-20(12-9-17)34(28,29)26-23-14-15-24-27(23)18-6-4-3-5-7-18/h3-16,25-26H,1-2H3. The molecule has 0 fully saturated rings. The maximum atomic E-state index is 12.9. The third-order valence-electron chi connectivity index (χ3n) is 4.96. The highest BCUT2D eigenvalue weighted by Gasteiger charge is 2.22. The lowest BCUT2D eigenvalue weighted by molar-refractivity contribution is 0.392. The predicted octanol–water partition coefficient (Wildman–Crippen LogP) is 3.49. The van der Waals surface area contributed by atoms with E-state index in [4.69, 9.17) is 9.47 Å². The maximum Gasteiger partial charge on any atom is 0.265 e. The Labute approximate surface area is 203 Å². The molecule has 0 aliphatic rings. The Morgan fingerprint density at radius 3 is 2.14 bits per heavy atom. The first-order chi connectivity index (χ1) is 16.7. The highest BCUT2D eigenvalue weighted by Crippen LogP contribution is 2.30. The van der Waals surface area contributed by atoms with Crippen molar-refractivity contribution >= 4 is 31.6 Å².